The van der Waals surface area contributed by atoms with Gasteiger partial charge in [0.05, 0.1) is 5.39 Å². The molecule has 3 rings (SSSR count). The van der Waals surface area contributed by atoms with Gasteiger partial charge in [-0.3, -0.25) is 0 Å². The van der Waals surface area contributed by atoms with Gasteiger partial charge in [0.15, 0.2) is 23.1 Å². The minimum Gasteiger partial charge on any atom is -0.368 e. The lowest BCUT2D eigenvalue weighted by atomic mass is 10.1. The molecule has 102 valence electrons. The predicted molar refractivity (Wildman–Crippen MR) is 66.0 cm³/mol. The number of aromatic nitrogens is 4. The molecule has 2 aromatic heterocycles. The normalized spacial score (nSPS) is 11.2. The van der Waals surface area contributed by atoms with Crippen molar-refractivity contribution in [2.75, 3.05) is 5.73 Å². The fourth-order valence-corrected chi connectivity index (χ4v) is 1.96. The number of rotatable bonds is 1. The van der Waals surface area contributed by atoms with E-state index in [1.165, 1.54) is 10.9 Å². The van der Waals surface area contributed by atoms with Crippen LogP contribution in [0.4, 0.5) is 19.1 Å². The molecule has 0 fully saturated rings. The number of nitrogens with zero attached hydrogens (tertiary/aromatic N) is 4. The summed E-state index contributed by atoms with van der Waals surface area (Å²) < 4.78 is 41.5. The van der Waals surface area contributed by atoms with Gasteiger partial charge in [-0.05, 0) is 12.1 Å². The van der Waals surface area contributed by atoms with Crippen LogP contribution in [-0.2, 0) is 7.05 Å². The van der Waals surface area contributed by atoms with Crippen molar-refractivity contribution in [1.82, 2.24) is 19.7 Å². The van der Waals surface area contributed by atoms with Gasteiger partial charge in [0.25, 0.3) is 0 Å². The summed E-state index contributed by atoms with van der Waals surface area (Å²) in [5.41, 5.74) is 5.80. The second-order valence-corrected chi connectivity index (χ2v) is 4.16. The van der Waals surface area contributed by atoms with Crippen LogP contribution in [0.5, 0.6) is 0 Å². The van der Waals surface area contributed by atoms with Crippen LogP contribution in [-0.4, -0.2) is 19.7 Å². The van der Waals surface area contributed by atoms with Gasteiger partial charge in [-0.1, -0.05) is 0 Å². The molecule has 20 heavy (non-hydrogen) atoms. The van der Waals surface area contributed by atoms with Crippen molar-refractivity contribution >= 4 is 17.0 Å². The van der Waals surface area contributed by atoms with Gasteiger partial charge < -0.3 is 5.73 Å². The van der Waals surface area contributed by atoms with Crippen LogP contribution in [0, 0.1) is 17.5 Å². The van der Waals surface area contributed by atoms with E-state index in [-0.39, 0.29) is 17.2 Å². The first-order chi connectivity index (χ1) is 9.49. The summed E-state index contributed by atoms with van der Waals surface area (Å²) in [6, 6.07) is 1.96. The van der Waals surface area contributed by atoms with E-state index in [1.807, 2.05) is 0 Å². The zero-order valence-electron chi connectivity index (χ0n) is 10.2. The van der Waals surface area contributed by atoms with Crippen LogP contribution in [0.15, 0.2) is 18.3 Å². The van der Waals surface area contributed by atoms with Gasteiger partial charge >= 0.3 is 0 Å². The van der Waals surface area contributed by atoms with Gasteiger partial charge in [-0.15, -0.1) is 0 Å². The molecule has 1 aromatic carbocycles. The summed E-state index contributed by atoms with van der Waals surface area (Å²) in [7, 11) is 1.58. The summed E-state index contributed by atoms with van der Waals surface area (Å²) in [6.07, 6.45) is 1.36. The maximum Gasteiger partial charge on any atom is 0.222 e. The Kier molecular flexibility index (Phi) is 2.60. The van der Waals surface area contributed by atoms with E-state index in [1.54, 1.807) is 7.05 Å². The minimum atomic E-state index is -1.54. The number of nitrogen functional groups attached to an aromatic ring is 1. The standard InChI is InChI=1S/C12H8F3N5/c1-20-11-6(4-17-12(16)18-11)10(19-20)5-2-3-7(13)9(15)8(5)14/h2-4H,1H3,(H2,16,17,18). The maximum atomic E-state index is 13.8. The molecule has 0 aliphatic rings. The second-order valence-electron chi connectivity index (χ2n) is 4.16. The van der Waals surface area contributed by atoms with Crippen LogP contribution in [0.1, 0.15) is 0 Å². The molecule has 5 nitrogen and oxygen atoms in total. The minimum absolute atomic E-state index is 0.0396. The van der Waals surface area contributed by atoms with E-state index < -0.39 is 17.5 Å². The molecule has 8 heteroatoms. The van der Waals surface area contributed by atoms with E-state index in [2.05, 4.69) is 15.1 Å². The number of anilines is 1. The Hall–Kier alpha value is -2.64. The Bertz CT molecular complexity index is 828. The summed E-state index contributed by atoms with van der Waals surface area (Å²) in [6.45, 7) is 0. The van der Waals surface area contributed by atoms with Crippen molar-refractivity contribution in [3.63, 3.8) is 0 Å². The highest BCUT2D eigenvalue weighted by Crippen LogP contribution is 2.30. The molecule has 0 aliphatic carbocycles. The molecular weight excluding hydrogens is 271 g/mol. The highest BCUT2D eigenvalue weighted by molar-refractivity contribution is 5.91. The van der Waals surface area contributed by atoms with Crippen molar-refractivity contribution in [2.24, 2.45) is 7.05 Å². The van der Waals surface area contributed by atoms with E-state index in [0.717, 1.165) is 12.1 Å². The Labute approximate surface area is 110 Å². The average Bonchev–Trinajstić information content (AvgIpc) is 2.73. The first-order valence-electron chi connectivity index (χ1n) is 5.58. The van der Waals surface area contributed by atoms with Gasteiger partial charge in [0, 0.05) is 18.8 Å². The van der Waals surface area contributed by atoms with Crippen LogP contribution in [0.2, 0.25) is 0 Å². The second kappa shape index (κ2) is 4.19. The number of benzene rings is 1. The van der Waals surface area contributed by atoms with E-state index in [0.29, 0.717) is 11.0 Å². The maximum absolute atomic E-state index is 13.8. The molecule has 2 N–H and O–H groups in total. The SMILES string of the molecule is Cn1nc(-c2ccc(F)c(F)c2F)c2cnc(N)nc21. The summed E-state index contributed by atoms with van der Waals surface area (Å²) in [5, 5.41) is 4.46. The van der Waals surface area contributed by atoms with Crippen LogP contribution in [0.25, 0.3) is 22.3 Å². The topological polar surface area (TPSA) is 69.6 Å². The molecule has 0 spiro atoms. The molecule has 0 bridgehead atoms. The number of aryl methyl sites for hydroxylation is 1. The number of nitrogens with two attached hydrogens (primary N) is 1. The molecule has 0 saturated heterocycles. The monoisotopic (exact) mass is 279 g/mol. The Morgan fingerprint density at radius 3 is 2.65 bits per heavy atom. The van der Waals surface area contributed by atoms with E-state index in [9.17, 15) is 13.2 Å². The van der Waals surface area contributed by atoms with Crippen molar-refractivity contribution in [1.29, 1.82) is 0 Å². The smallest absolute Gasteiger partial charge is 0.222 e. The number of hydrogen-bond donors (Lipinski definition) is 1. The van der Waals surface area contributed by atoms with Crippen molar-refractivity contribution in [3.05, 3.63) is 35.8 Å². The number of hydrogen-bond acceptors (Lipinski definition) is 4. The first-order valence-corrected chi connectivity index (χ1v) is 5.58. The molecule has 0 radical (unpaired) electrons. The average molecular weight is 279 g/mol. The fourth-order valence-electron chi connectivity index (χ4n) is 1.96. The molecule has 0 atom stereocenters. The summed E-state index contributed by atoms with van der Waals surface area (Å²) >= 11 is 0. The molecule has 0 aliphatic heterocycles. The van der Waals surface area contributed by atoms with Gasteiger partial charge in [-0.25, -0.2) is 22.8 Å². The Morgan fingerprint density at radius 2 is 1.90 bits per heavy atom. The fraction of sp³-hybridized carbons (Fsp3) is 0.0833. The van der Waals surface area contributed by atoms with Gasteiger partial charge in [0.1, 0.15) is 5.69 Å². The van der Waals surface area contributed by atoms with Gasteiger partial charge in [0.2, 0.25) is 5.95 Å². The Morgan fingerprint density at radius 1 is 1.15 bits per heavy atom. The Balaban J connectivity index is 2.33. The van der Waals surface area contributed by atoms with E-state index >= 15 is 0 Å². The summed E-state index contributed by atoms with van der Waals surface area (Å²) in [5.74, 6) is -4.07. The third-order valence-electron chi connectivity index (χ3n) is 2.89. The third-order valence-corrected chi connectivity index (χ3v) is 2.89. The molecule has 0 saturated carbocycles. The van der Waals surface area contributed by atoms with Gasteiger partial charge in [-0.2, -0.15) is 10.1 Å². The van der Waals surface area contributed by atoms with Crippen molar-refractivity contribution in [3.8, 4) is 11.3 Å². The van der Waals surface area contributed by atoms with Crippen LogP contribution < -0.4 is 5.73 Å². The molecule has 0 amide bonds. The first kappa shape index (κ1) is 12.4. The summed E-state index contributed by atoms with van der Waals surface area (Å²) in [4.78, 5) is 7.77. The molecular formula is C12H8F3N5. The van der Waals surface area contributed by atoms with Crippen LogP contribution in [0.3, 0.4) is 0 Å². The zero-order chi connectivity index (χ0) is 14.4. The molecule has 2 heterocycles. The molecule has 3 aromatic rings. The van der Waals surface area contributed by atoms with Crippen molar-refractivity contribution in [2.45, 2.75) is 0 Å². The predicted octanol–water partition coefficient (Wildman–Crippen LogP) is 2.03. The number of fused-ring (bicyclic) bond motifs is 1. The third kappa shape index (κ3) is 1.68. The largest absolute Gasteiger partial charge is 0.368 e. The lowest BCUT2D eigenvalue weighted by Crippen LogP contribution is -1.97. The number of halogens is 3. The zero-order valence-corrected chi connectivity index (χ0v) is 10.2. The lowest BCUT2D eigenvalue weighted by molar-refractivity contribution is 0.449. The van der Waals surface area contributed by atoms with Crippen LogP contribution >= 0.6 is 0 Å². The van der Waals surface area contributed by atoms with Crippen molar-refractivity contribution < 1.29 is 13.2 Å². The quantitative estimate of drug-likeness (QED) is 0.692. The lowest BCUT2D eigenvalue weighted by Gasteiger charge is -2.02. The highest BCUT2D eigenvalue weighted by Gasteiger charge is 2.20. The van der Waals surface area contributed by atoms with E-state index in [4.69, 9.17) is 5.73 Å². The highest BCUT2D eigenvalue weighted by atomic mass is 19.2. The molecule has 0 unspecified atom stereocenters.